The molecule has 1 aliphatic heterocycles. The number of aryl methyl sites for hydroxylation is 3. The first-order chi connectivity index (χ1) is 14.7. The van der Waals surface area contributed by atoms with Crippen LogP contribution in [0.15, 0.2) is 60.3 Å². The zero-order valence-corrected chi connectivity index (χ0v) is 18.0. The van der Waals surface area contributed by atoms with Crippen molar-refractivity contribution in [2.45, 2.75) is 20.8 Å². The van der Waals surface area contributed by atoms with Crippen LogP contribution in [0.5, 0.6) is 0 Å². The minimum absolute atomic E-state index is 0.128. The molecule has 1 fully saturated rings. The molecule has 0 radical (unpaired) electrons. The minimum Gasteiger partial charge on any atom is -0.317 e. The minimum atomic E-state index is -0.766. The first-order valence-corrected chi connectivity index (χ1v) is 10.1. The van der Waals surface area contributed by atoms with Crippen molar-refractivity contribution >= 4 is 41.2 Å². The lowest BCUT2D eigenvalue weighted by Gasteiger charge is -2.27. The molecule has 4 amide bonds. The molecule has 156 valence electrons. The maximum absolute atomic E-state index is 13.2. The number of aromatic nitrogens is 1. The zero-order valence-electron chi connectivity index (χ0n) is 17.3. The number of hydrogen-bond acceptors (Lipinski definition) is 3. The Bertz CT molecular complexity index is 1250. The number of anilines is 1. The van der Waals surface area contributed by atoms with Crippen LogP contribution in [0.1, 0.15) is 22.4 Å². The van der Waals surface area contributed by atoms with E-state index in [0.29, 0.717) is 16.4 Å². The molecule has 2 aromatic carbocycles. The van der Waals surface area contributed by atoms with Crippen LogP contribution >= 0.6 is 11.6 Å². The van der Waals surface area contributed by atoms with Crippen molar-refractivity contribution in [2.24, 2.45) is 0 Å². The molecule has 6 nitrogen and oxygen atoms in total. The average molecular weight is 434 g/mol. The molecular weight excluding hydrogens is 414 g/mol. The Morgan fingerprint density at radius 3 is 2.29 bits per heavy atom. The Kier molecular flexibility index (Phi) is 5.25. The van der Waals surface area contributed by atoms with Crippen molar-refractivity contribution in [1.29, 1.82) is 0 Å². The van der Waals surface area contributed by atoms with Crippen LogP contribution in [-0.4, -0.2) is 22.4 Å². The van der Waals surface area contributed by atoms with E-state index in [1.54, 1.807) is 24.3 Å². The lowest BCUT2D eigenvalue weighted by atomic mass is 10.1. The lowest BCUT2D eigenvalue weighted by molar-refractivity contribution is -0.122. The molecule has 1 saturated heterocycles. The van der Waals surface area contributed by atoms with Gasteiger partial charge in [-0.3, -0.25) is 14.9 Å². The summed E-state index contributed by atoms with van der Waals surface area (Å²) in [7, 11) is 0. The van der Waals surface area contributed by atoms with E-state index in [1.165, 1.54) is 6.08 Å². The number of barbiturate groups is 1. The molecule has 0 bridgehead atoms. The maximum atomic E-state index is 13.2. The standard InChI is InChI=1S/C24H20ClN3O3/c1-14-9-15(2)11-19(10-14)28-23(30)20(22(29)26-24(28)31)12-17-5-4-8-27(17)18-7-6-16(3)21(25)13-18/h4-13H,1-3H3,(H,26,29,31). The fraction of sp³-hybridized carbons (Fsp3) is 0.125. The summed E-state index contributed by atoms with van der Waals surface area (Å²) >= 11 is 6.26. The largest absolute Gasteiger partial charge is 0.335 e. The average Bonchev–Trinajstić information content (AvgIpc) is 3.14. The molecule has 0 aliphatic carbocycles. The summed E-state index contributed by atoms with van der Waals surface area (Å²) in [5.41, 5.74) is 4.44. The summed E-state index contributed by atoms with van der Waals surface area (Å²) in [4.78, 5) is 39.2. The van der Waals surface area contributed by atoms with E-state index in [-0.39, 0.29) is 5.57 Å². The number of urea groups is 1. The zero-order chi connectivity index (χ0) is 22.3. The fourth-order valence-corrected chi connectivity index (χ4v) is 3.77. The highest BCUT2D eigenvalue weighted by Crippen LogP contribution is 2.26. The molecule has 2 heterocycles. The van der Waals surface area contributed by atoms with E-state index in [4.69, 9.17) is 11.6 Å². The summed E-state index contributed by atoms with van der Waals surface area (Å²) in [6.45, 7) is 5.67. The van der Waals surface area contributed by atoms with Crippen molar-refractivity contribution < 1.29 is 14.4 Å². The van der Waals surface area contributed by atoms with Gasteiger partial charge in [-0.1, -0.05) is 23.7 Å². The topological polar surface area (TPSA) is 71.4 Å². The summed E-state index contributed by atoms with van der Waals surface area (Å²) in [5.74, 6) is -1.40. The van der Waals surface area contributed by atoms with Crippen LogP contribution < -0.4 is 10.2 Å². The fourth-order valence-electron chi connectivity index (χ4n) is 3.60. The van der Waals surface area contributed by atoms with Gasteiger partial charge in [0.25, 0.3) is 11.8 Å². The molecule has 0 saturated carbocycles. The number of halogens is 1. The predicted molar refractivity (Wildman–Crippen MR) is 120 cm³/mol. The number of rotatable bonds is 3. The maximum Gasteiger partial charge on any atom is 0.335 e. The highest BCUT2D eigenvalue weighted by Gasteiger charge is 2.37. The molecule has 31 heavy (non-hydrogen) atoms. The van der Waals surface area contributed by atoms with Gasteiger partial charge in [-0.05, 0) is 79.9 Å². The highest BCUT2D eigenvalue weighted by molar-refractivity contribution is 6.39. The van der Waals surface area contributed by atoms with Crippen molar-refractivity contribution in [3.63, 3.8) is 0 Å². The quantitative estimate of drug-likeness (QED) is 0.479. The van der Waals surface area contributed by atoms with Gasteiger partial charge in [-0.25, -0.2) is 9.69 Å². The second kappa shape index (κ2) is 7.89. The van der Waals surface area contributed by atoms with Crippen LogP contribution in [0.2, 0.25) is 5.02 Å². The van der Waals surface area contributed by atoms with E-state index >= 15 is 0 Å². The summed E-state index contributed by atoms with van der Waals surface area (Å²) < 4.78 is 1.82. The monoisotopic (exact) mass is 433 g/mol. The van der Waals surface area contributed by atoms with Crippen LogP contribution in [0, 0.1) is 20.8 Å². The Balaban J connectivity index is 1.76. The SMILES string of the molecule is Cc1cc(C)cc(N2C(=O)NC(=O)C(=Cc3cccn3-c3ccc(C)c(Cl)c3)C2=O)c1. The number of amides is 4. The number of carbonyl (C=O) groups excluding carboxylic acids is 3. The number of nitrogens with one attached hydrogen (secondary N) is 1. The number of carbonyl (C=O) groups is 3. The van der Waals surface area contributed by atoms with E-state index in [0.717, 1.165) is 27.3 Å². The number of hydrogen-bond donors (Lipinski definition) is 1. The van der Waals surface area contributed by atoms with Gasteiger partial charge < -0.3 is 4.57 Å². The number of nitrogens with zero attached hydrogens (tertiary/aromatic N) is 2. The first kappa shape index (κ1) is 20.6. The van der Waals surface area contributed by atoms with E-state index in [2.05, 4.69) is 5.32 Å². The summed E-state index contributed by atoms with van der Waals surface area (Å²) in [6, 6.07) is 13.8. The van der Waals surface area contributed by atoms with Gasteiger partial charge in [0.05, 0.1) is 5.69 Å². The molecular formula is C24H20ClN3O3. The Labute approximate surface area is 184 Å². The van der Waals surface area contributed by atoms with Gasteiger partial charge in [-0.2, -0.15) is 0 Å². The highest BCUT2D eigenvalue weighted by atomic mass is 35.5. The van der Waals surface area contributed by atoms with E-state index in [1.807, 2.05) is 55.8 Å². The van der Waals surface area contributed by atoms with Crippen molar-refractivity contribution in [2.75, 3.05) is 4.90 Å². The van der Waals surface area contributed by atoms with Crippen LogP contribution in [0.4, 0.5) is 10.5 Å². The molecule has 0 unspecified atom stereocenters. The second-order valence-electron chi connectivity index (χ2n) is 7.54. The Morgan fingerprint density at radius 1 is 0.903 bits per heavy atom. The Hall–Kier alpha value is -3.64. The molecule has 1 aliphatic rings. The van der Waals surface area contributed by atoms with Gasteiger partial charge in [0.2, 0.25) is 0 Å². The van der Waals surface area contributed by atoms with Crippen LogP contribution in [0.3, 0.4) is 0 Å². The van der Waals surface area contributed by atoms with Crippen molar-refractivity contribution in [3.8, 4) is 5.69 Å². The Morgan fingerprint density at radius 2 is 1.61 bits per heavy atom. The third kappa shape index (κ3) is 3.90. The molecule has 0 spiro atoms. The van der Waals surface area contributed by atoms with E-state index in [9.17, 15) is 14.4 Å². The molecule has 4 rings (SSSR count). The molecule has 0 atom stereocenters. The van der Waals surface area contributed by atoms with Crippen molar-refractivity contribution in [3.05, 3.63) is 87.7 Å². The normalized spacial score (nSPS) is 15.5. The van der Waals surface area contributed by atoms with Crippen LogP contribution in [0.25, 0.3) is 11.8 Å². The second-order valence-corrected chi connectivity index (χ2v) is 7.95. The lowest BCUT2D eigenvalue weighted by Crippen LogP contribution is -2.54. The smallest absolute Gasteiger partial charge is 0.317 e. The van der Waals surface area contributed by atoms with Crippen LogP contribution in [-0.2, 0) is 9.59 Å². The van der Waals surface area contributed by atoms with E-state index < -0.39 is 17.8 Å². The predicted octanol–water partition coefficient (Wildman–Crippen LogP) is 4.72. The molecule has 3 aromatic rings. The van der Waals surface area contributed by atoms with Gasteiger partial charge in [0.15, 0.2) is 0 Å². The third-order valence-electron chi connectivity index (χ3n) is 5.07. The van der Waals surface area contributed by atoms with Gasteiger partial charge in [0.1, 0.15) is 5.57 Å². The summed E-state index contributed by atoms with van der Waals surface area (Å²) in [6.07, 6.45) is 3.29. The molecule has 7 heteroatoms. The molecule has 1 N–H and O–H groups in total. The number of imide groups is 2. The molecule has 1 aromatic heterocycles. The van der Waals surface area contributed by atoms with Gasteiger partial charge >= 0.3 is 6.03 Å². The summed E-state index contributed by atoms with van der Waals surface area (Å²) in [5, 5.41) is 2.88. The first-order valence-electron chi connectivity index (χ1n) is 9.68. The van der Waals surface area contributed by atoms with Gasteiger partial charge in [0, 0.05) is 22.6 Å². The number of benzene rings is 2. The van der Waals surface area contributed by atoms with Crippen molar-refractivity contribution in [1.82, 2.24) is 9.88 Å². The third-order valence-corrected chi connectivity index (χ3v) is 5.48. The van der Waals surface area contributed by atoms with Gasteiger partial charge in [-0.15, -0.1) is 0 Å².